The zero-order valence-corrected chi connectivity index (χ0v) is 16.4. The Kier molecular flexibility index (Phi) is 4.24. The summed E-state index contributed by atoms with van der Waals surface area (Å²) in [5.41, 5.74) is -1.00. The Bertz CT molecular complexity index is 1200. The molecule has 2 heterocycles. The van der Waals surface area contributed by atoms with Crippen molar-refractivity contribution in [2.24, 2.45) is 7.05 Å². The lowest BCUT2D eigenvalue weighted by Gasteiger charge is -2.38. The van der Waals surface area contributed by atoms with E-state index in [1.54, 1.807) is 13.1 Å². The number of hydrogen-bond acceptors (Lipinski definition) is 4. The van der Waals surface area contributed by atoms with Gasteiger partial charge in [-0.15, -0.1) is 0 Å². The van der Waals surface area contributed by atoms with Crippen molar-refractivity contribution in [1.82, 2.24) is 9.78 Å². The van der Waals surface area contributed by atoms with Crippen LogP contribution in [0, 0.1) is 11.6 Å². The van der Waals surface area contributed by atoms with E-state index in [4.69, 9.17) is 4.74 Å². The molecule has 1 saturated carbocycles. The summed E-state index contributed by atoms with van der Waals surface area (Å²) in [6.45, 7) is 1.95. The van der Waals surface area contributed by atoms with Crippen LogP contribution in [0.3, 0.4) is 0 Å². The third kappa shape index (κ3) is 3.03. The molecule has 5 rings (SSSR count). The lowest BCUT2D eigenvalue weighted by molar-refractivity contribution is -0.140. The van der Waals surface area contributed by atoms with Crippen LogP contribution in [0.1, 0.15) is 18.4 Å². The van der Waals surface area contributed by atoms with Gasteiger partial charge in [-0.25, -0.2) is 8.78 Å². The zero-order valence-electron chi connectivity index (χ0n) is 16.4. The molecule has 10 heteroatoms. The molecule has 1 aromatic heterocycles. The molecule has 0 unspecified atom stereocenters. The summed E-state index contributed by atoms with van der Waals surface area (Å²) in [6.07, 6.45) is -3.07. The van der Waals surface area contributed by atoms with E-state index in [0.717, 1.165) is 18.5 Å². The number of anilines is 1. The number of alkyl halides is 3. The van der Waals surface area contributed by atoms with Gasteiger partial charge in [0.05, 0.1) is 29.8 Å². The molecule has 1 spiro atoms. The molecule has 1 aliphatic heterocycles. The van der Waals surface area contributed by atoms with E-state index in [1.165, 1.54) is 4.68 Å². The van der Waals surface area contributed by atoms with Gasteiger partial charge in [0.15, 0.2) is 17.4 Å². The SMILES string of the molecule is Cn1nc(-c2cc(C(F)(F)F)c(F)c(O)c2F)c2ccc(N3CCOCC34CC4)cc21. The van der Waals surface area contributed by atoms with Crippen LogP contribution in [0.2, 0.25) is 0 Å². The highest BCUT2D eigenvalue weighted by atomic mass is 19.4. The first kappa shape index (κ1) is 20.0. The maximum atomic E-state index is 14.6. The van der Waals surface area contributed by atoms with Crippen LogP contribution in [0.5, 0.6) is 5.75 Å². The first-order valence-electron chi connectivity index (χ1n) is 9.73. The van der Waals surface area contributed by atoms with E-state index in [0.29, 0.717) is 36.7 Å². The number of ether oxygens (including phenoxy) is 1. The molecule has 2 fully saturated rings. The second-order valence-electron chi connectivity index (χ2n) is 8.05. The molecule has 31 heavy (non-hydrogen) atoms. The summed E-state index contributed by atoms with van der Waals surface area (Å²) < 4.78 is 75.1. The Morgan fingerprint density at radius 2 is 1.87 bits per heavy atom. The number of hydrogen-bond donors (Lipinski definition) is 1. The molecule has 1 saturated heterocycles. The van der Waals surface area contributed by atoms with Crippen molar-refractivity contribution < 1.29 is 31.8 Å². The van der Waals surface area contributed by atoms with Crippen molar-refractivity contribution >= 4 is 16.6 Å². The normalized spacial score (nSPS) is 18.2. The first-order valence-corrected chi connectivity index (χ1v) is 9.73. The Hall–Kier alpha value is -2.88. The number of benzene rings is 2. The minimum absolute atomic E-state index is 0.0240. The van der Waals surface area contributed by atoms with Crippen molar-refractivity contribution in [1.29, 1.82) is 0 Å². The molecule has 0 atom stereocenters. The minimum atomic E-state index is -5.10. The number of nitrogens with zero attached hydrogens (tertiary/aromatic N) is 3. The molecule has 1 N–H and O–H groups in total. The molecule has 2 aliphatic rings. The molecular weight excluding hydrogens is 421 g/mol. The second-order valence-corrected chi connectivity index (χ2v) is 8.05. The Labute approximate surface area is 173 Å². The second kappa shape index (κ2) is 6.56. The number of morpholine rings is 1. The van der Waals surface area contributed by atoms with Crippen LogP contribution in [-0.2, 0) is 18.0 Å². The van der Waals surface area contributed by atoms with E-state index in [-0.39, 0.29) is 11.2 Å². The Balaban J connectivity index is 1.65. The van der Waals surface area contributed by atoms with E-state index in [9.17, 15) is 27.1 Å². The molecule has 0 bridgehead atoms. The van der Waals surface area contributed by atoms with Crippen LogP contribution < -0.4 is 4.90 Å². The average Bonchev–Trinajstić information content (AvgIpc) is 3.41. The average molecular weight is 439 g/mol. The Morgan fingerprint density at radius 3 is 2.55 bits per heavy atom. The van der Waals surface area contributed by atoms with Gasteiger partial charge in [-0.2, -0.15) is 18.3 Å². The summed E-state index contributed by atoms with van der Waals surface area (Å²) in [7, 11) is 1.59. The number of aryl methyl sites for hydroxylation is 1. The lowest BCUT2D eigenvalue weighted by atomic mass is 10.0. The molecule has 164 valence electrons. The third-order valence-electron chi connectivity index (χ3n) is 6.11. The molecule has 5 nitrogen and oxygen atoms in total. The molecule has 3 aromatic rings. The van der Waals surface area contributed by atoms with E-state index < -0.39 is 34.7 Å². The number of phenols is 1. The van der Waals surface area contributed by atoms with Crippen molar-refractivity contribution in [3.05, 3.63) is 41.5 Å². The monoisotopic (exact) mass is 439 g/mol. The van der Waals surface area contributed by atoms with Gasteiger partial charge >= 0.3 is 6.18 Å². The van der Waals surface area contributed by atoms with Crippen LogP contribution in [0.15, 0.2) is 24.3 Å². The zero-order chi connectivity index (χ0) is 22.1. The molecule has 0 radical (unpaired) electrons. The topological polar surface area (TPSA) is 50.5 Å². The van der Waals surface area contributed by atoms with Gasteiger partial charge in [-0.1, -0.05) is 0 Å². The molecule has 1 aliphatic carbocycles. The summed E-state index contributed by atoms with van der Waals surface area (Å²) in [5.74, 6) is -5.21. The predicted molar refractivity (Wildman–Crippen MR) is 103 cm³/mol. The van der Waals surface area contributed by atoms with E-state index >= 15 is 0 Å². The van der Waals surface area contributed by atoms with E-state index in [2.05, 4.69) is 10.00 Å². The number of fused-ring (bicyclic) bond motifs is 1. The number of aromatic hydroxyl groups is 1. The van der Waals surface area contributed by atoms with Crippen molar-refractivity contribution in [3.8, 4) is 17.0 Å². The number of halogens is 5. The third-order valence-corrected chi connectivity index (χ3v) is 6.11. The fourth-order valence-corrected chi connectivity index (χ4v) is 4.31. The van der Waals surface area contributed by atoms with E-state index in [1.807, 2.05) is 12.1 Å². The van der Waals surface area contributed by atoms with Crippen molar-refractivity contribution in [2.45, 2.75) is 24.6 Å². The highest BCUT2D eigenvalue weighted by molar-refractivity contribution is 5.95. The fraction of sp³-hybridized carbons (Fsp3) is 0.381. The molecule has 2 aromatic carbocycles. The summed E-state index contributed by atoms with van der Waals surface area (Å²) >= 11 is 0. The van der Waals surface area contributed by atoms with Gasteiger partial charge < -0.3 is 14.7 Å². The fourth-order valence-electron chi connectivity index (χ4n) is 4.31. The highest BCUT2D eigenvalue weighted by Gasteiger charge is 2.50. The van der Waals surface area contributed by atoms with Crippen molar-refractivity contribution in [3.63, 3.8) is 0 Å². The highest BCUT2D eigenvalue weighted by Crippen LogP contribution is 2.47. The van der Waals surface area contributed by atoms with Crippen LogP contribution in [0.4, 0.5) is 27.6 Å². The number of rotatable bonds is 2. The van der Waals surface area contributed by atoms with Gasteiger partial charge in [0.2, 0.25) is 0 Å². The predicted octanol–water partition coefficient (Wildman–Crippen LogP) is 4.61. The summed E-state index contributed by atoms with van der Waals surface area (Å²) in [5, 5.41) is 14.2. The van der Waals surface area contributed by atoms with Crippen molar-refractivity contribution in [2.75, 3.05) is 24.7 Å². The quantitative estimate of drug-likeness (QED) is 0.593. The maximum absolute atomic E-state index is 14.6. The lowest BCUT2D eigenvalue weighted by Crippen LogP contribution is -2.47. The van der Waals surface area contributed by atoms with Gasteiger partial charge in [-0.3, -0.25) is 4.68 Å². The molecular formula is C21H18F5N3O2. The van der Waals surface area contributed by atoms with Crippen LogP contribution >= 0.6 is 0 Å². The summed E-state index contributed by atoms with van der Waals surface area (Å²) in [4.78, 5) is 2.26. The van der Waals surface area contributed by atoms with Gasteiger partial charge in [0.1, 0.15) is 5.69 Å². The Morgan fingerprint density at radius 1 is 1.13 bits per heavy atom. The van der Waals surface area contributed by atoms with Gasteiger partial charge in [0, 0.05) is 30.2 Å². The number of phenolic OH excluding ortho intramolecular Hbond substituents is 1. The summed E-state index contributed by atoms with van der Waals surface area (Å²) in [6, 6.07) is 5.67. The molecule has 0 amide bonds. The largest absolute Gasteiger partial charge is 0.503 e. The van der Waals surface area contributed by atoms with Crippen LogP contribution in [0.25, 0.3) is 22.2 Å². The smallest absolute Gasteiger partial charge is 0.419 e. The van der Waals surface area contributed by atoms with Gasteiger partial charge in [0.25, 0.3) is 0 Å². The maximum Gasteiger partial charge on any atom is 0.419 e. The first-order chi connectivity index (χ1) is 14.6. The van der Waals surface area contributed by atoms with Crippen LogP contribution in [-0.4, -0.2) is 40.2 Å². The standard InChI is InChI=1S/C21H18F5N3O2/c1-28-15-8-11(29-6-7-31-10-20(29)4-5-20)2-3-12(15)18(27-28)13-9-14(21(24,25)26)17(23)19(30)16(13)22/h2-3,8-9,30H,4-7,10H2,1H3. The minimum Gasteiger partial charge on any atom is -0.503 e. The number of aromatic nitrogens is 2. The van der Waals surface area contributed by atoms with Gasteiger partial charge in [-0.05, 0) is 37.1 Å².